The minimum atomic E-state index is -0.227. The minimum absolute atomic E-state index is 0.227. The molecular formula is C15H16N2O2. The van der Waals surface area contributed by atoms with Crippen LogP contribution in [0.5, 0.6) is 5.75 Å². The normalized spacial score (nSPS) is 10.0. The second-order valence-electron chi connectivity index (χ2n) is 4.28. The van der Waals surface area contributed by atoms with Crippen LogP contribution in [-0.2, 0) is 0 Å². The average Bonchev–Trinajstić information content (AvgIpc) is 2.41. The molecule has 0 spiro atoms. The molecule has 3 N–H and O–H groups in total. The van der Waals surface area contributed by atoms with Gasteiger partial charge >= 0.3 is 0 Å². The fraction of sp³-hybridized carbons (Fsp3) is 0.133. The van der Waals surface area contributed by atoms with Gasteiger partial charge in [-0.25, -0.2) is 0 Å². The van der Waals surface area contributed by atoms with Gasteiger partial charge in [0.15, 0.2) is 0 Å². The number of amides is 1. The van der Waals surface area contributed by atoms with Gasteiger partial charge in [-0.2, -0.15) is 0 Å². The molecule has 0 fully saturated rings. The van der Waals surface area contributed by atoms with Gasteiger partial charge in [-0.1, -0.05) is 17.7 Å². The van der Waals surface area contributed by atoms with Crippen molar-refractivity contribution in [1.29, 1.82) is 0 Å². The number of methoxy groups -OCH3 is 1. The summed E-state index contributed by atoms with van der Waals surface area (Å²) in [6.45, 7) is 1.92. The maximum absolute atomic E-state index is 12.2. The molecule has 0 bridgehead atoms. The Labute approximate surface area is 112 Å². The molecule has 0 aliphatic heterocycles. The van der Waals surface area contributed by atoms with Gasteiger partial charge in [0, 0.05) is 17.4 Å². The fourth-order valence-corrected chi connectivity index (χ4v) is 1.77. The van der Waals surface area contributed by atoms with Gasteiger partial charge in [0.25, 0.3) is 5.91 Å². The smallest absolute Gasteiger partial charge is 0.257 e. The number of aryl methyl sites for hydroxylation is 1. The molecule has 4 nitrogen and oxygen atoms in total. The number of anilines is 2. The maximum Gasteiger partial charge on any atom is 0.257 e. The highest BCUT2D eigenvalue weighted by molar-refractivity contribution is 6.07. The standard InChI is InChI=1S/C15H16N2O2/c1-10-6-7-14(16)13(8-10)15(18)17-11-4-3-5-12(9-11)19-2/h3-9H,16H2,1-2H3,(H,17,18). The summed E-state index contributed by atoms with van der Waals surface area (Å²) in [4.78, 5) is 12.2. The van der Waals surface area contributed by atoms with E-state index < -0.39 is 0 Å². The highest BCUT2D eigenvalue weighted by Crippen LogP contribution is 2.19. The van der Waals surface area contributed by atoms with Gasteiger partial charge in [0.2, 0.25) is 0 Å². The Bertz CT molecular complexity index is 609. The van der Waals surface area contributed by atoms with E-state index in [1.54, 1.807) is 31.4 Å². The van der Waals surface area contributed by atoms with Gasteiger partial charge in [-0.3, -0.25) is 4.79 Å². The third-order valence-corrected chi connectivity index (χ3v) is 2.78. The molecule has 0 aromatic heterocycles. The number of carbonyl (C=O) groups excluding carboxylic acids is 1. The average molecular weight is 256 g/mol. The van der Waals surface area contributed by atoms with Crippen LogP contribution >= 0.6 is 0 Å². The first kappa shape index (κ1) is 13.0. The second-order valence-corrected chi connectivity index (χ2v) is 4.28. The van der Waals surface area contributed by atoms with Crippen molar-refractivity contribution in [2.75, 3.05) is 18.2 Å². The monoisotopic (exact) mass is 256 g/mol. The molecule has 0 unspecified atom stereocenters. The molecule has 0 saturated heterocycles. The van der Waals surface area contributed by atoms with E-state index >= 15 is 0 Å². The molecule has 19 heavy (non-hydrogen) atoms. The SMILES string of the molecule is COc1cccc(NC(=O)c2cc(C)ccc2N)c1. The van der Waals surface area contributed by atoms with Crippen LogP contribution in [0, 0.1) is 6.92 Å². The van der Waals surface area contributed by atoms with Gasteiger partial charge < -0.3 is 15.8 Å². The first-order valence-corrected chi connectivity index (χ1v) is 5.91. The summed E-state index contributed by atoms with van der Waals surface area (Å²) in [7, 11) is 1.58. The largest absolute Gasteiger partial charge is 0.497 e. The molecular weight excluding hydrogens is 240 g/mol. The number of nitrogens with two attached hydrogens (primary N) is 1. The molecule has 2 aromatic carbocycles. The molecule has 0 saturated carbocycles. The van der Waals surface area contributed by atoms with E-state index in [2.05, 4.69) is 5.32 Å². The van der Waals surface area contributed by atoms with Crippen molar-refractivity contribution in [3.05, 3.63) is 53.6 Å². The first-order chi connectivity index (χ1) is 9.10. The van der Waals surface area contributed by atoms with Gasteiger partial charge in [0.1, 0.15) is 5.75 Å². The lowest BCUT2D eigenvalue weighted by Crippen LogP contribution is -2.14. The topological polar surface area (TPSA) is 64.3 Å². The molecule has 0 radical (unpaired) electrons. The van der Waals surface area contributed by atoms with Crippen LogP contribution in [-0.4, -0.2) is 13.0 Å². The Balaban J connectivity index is 2.23. The van der Waals surface area contributed by atoms with E-state index in [9.17, 15) is 4.79 Å². The van der Waals surface area contributed by atoms with Crippen LogP contribution in [0.25, 0.3) is 0 Å². The summed E-state index contributed by atoms with van der Waals surface area (Å²) in [6.07, 6.45) is 0. The van der Waals surface area contributed by atoms with E-state index in [-0.39, 0.29) is 5.91 Å². The van der Waals surface area contributed by atoms with Crippen molar-refractivity contribution in [1.82, 2.24) is 0 Å². The Hall–Kier alpha value is -2.49. The highest BCUT2D eigenvalue weighted by atomic mass is 16.5. The number of hydrogen-bond donors (Lipinski definition) is 2. The molecule has 98 valence electrons. The van der Waals surface area contributed by atoms with Crippen molar-refractivity contribution < 1.29 is 9.53 Å². The summed E-state index contributed by atoms with van der Waals surface area (Å²) < 4.78 is 5.11. The predicted octanol–water partition coefficient (Wildman–Crippen LogP) is 2.84. The Morgan fingerprint density at radius 3 is 2.74 bits per heavy atom. The molecule has 0 aliphatic carbocycles. The zero-order valence-electron chi connectivity index (χ0n) is 10.9. The highest BCUT2D eigenvalue weighted by Gasteiger charge is 2.10. The van der Waals surface area contributed by atoms with Crippen molar-refractivity contribution in [3.63, 3.8) is 0 Å². The quantitative estimate of drug-likeness (QED) is 0.830. The van der Waals surface area contributed by atoms with E-state index in [0.29, 0.717) is 22.7 Å². The number of nitrogen functional groups attached to an aromatic ring is 1. The zero-order valence-corrected chi connectivity index (χ0v) is 10.9. The van der Waals surface area contributed by atoms with E-state index in [1.165, 1.54) is 0 Å². The Kier molecular flexibility index (Phi) is 3.71. The number of benzene rings is 2. The minimum Gasteiger partial charge on any atom is -0.497 e. The second kappa shape index (κ2) is 5.44. The van der Waals surface area contributed by atoms with Crippen LogP contribution in [0.2, 0.25) is 0 Å². The van der Waals surface area contributed by atoms with Crippen molar-refractivity contribution >= 4 is 17.3 Å². The van der Waals surface area contributed by atoms with Crippen LogP contribution < -0.4 is 15.8 Å². The van der Waals surface area contributed by atoms with Gasteiger partial charge in [-0.05, 0) is 31.2 Å². The number of carbonyl (C=O) groups is 1. The first-order valence-electron chi connectivity index (χ1n) is 5.91. The zero-order chi connectivity index (χ0) is 13.8. The summed E-state index contributed by atoms with van der Waals surface area (Å²) in [5.74, 6) is 0.462. The molecule has 1 amide bonds. The summed E-state index contributed by atoms with van der Waals surface area (Å²) in [5, 5.41) is 2.80. The third kappa shape index (κ3) is 3.04. The van der Waals surface area contributed by atoms with Crippen LogP contribution in [0.15, 0.2) is 42.5 Å². The number of hydrogen-bond acceptors (Lipinski definition) is 3. The molecule has 2 aromatic rings. The number of nitrogens with one attached hydrogen (secondary N) is 1. The van der Waals surface area contributed by atoms with Gasteiger partial charge in [-0.15, -0.1) is 0 Å². The predicted molar refractivity (Wildman–Crippen MR) is 76.5 cm³/mol. The van der Waals surface area contributed by atoms with Crippen molar-refractivity contribution in [3.8, 4) is 5.75 Å². The van der Waals surface area contributed by atoms with Crippen molar-refractivity contribution in [2.45, 2.75) is 6.92 Å². The lowest BCUT2D eigenvalue weighted by Gasteiger charge is -2.09. The molecule has 0 heterocycles. The fourth-order valence-electron chi connectivity index (χ4n) is 1.77. The summed E-state index contributed by atoms with van der Waals surface area (Å²) in [6, 6.07) is 12.6. The summed E-state index contributed by atoms with van der Waals surface area (Å²) in [5.41, 5.74) is 8.42. The third-order valence-electron chi connectivity index (χ3n) is 2.78. The van der Waals surface area contributed by atoms with E-state index in [1.807, 2.05) is 25.1 Å². The Morgan fingerprint density at radius 1 is 1.21 bits per heavy atom. The lowest BCUT2D eigenvalue weighted by atomic mass is 10.1. The van der Waals surface area contributed by atoms with Crippen molar-refractivity contribution in [2.24, 2.45) is 0 Å². The number of ether oxygens (including phenoxy) is 1. The Morgan fingerprint density at radius 2 is 2.00 bits per heavy atom. The molecule has 0 aliphatic rings. The van der Waals surface area contributed by atoms with Gasteiger partial charge in [0.05, 0.1) is 12.7 Å². The van der Waals surface area contributed by atoms with Crippen LogP contribution in [0.3, 0.4) is 0 Å². The van der Waals surface area contributed by atoms with E-state index in [0.717, 1.165) is 5.56 Å². The molecule has 2 rings (SSSR count). The lowest BCUT2D eigenvalue weighted by molar-refractivity contribution is 0.102. The maximum atomic E-state index is 12.2. The van der Waals surface area contributed by atoms with Crippen LogP contribution in [0.1, 0.15) is 15.9 Å². The molecule has 4 heteroatoms. The summed E-state index contributed by atoms with van der Waals surface area (Å²) >= 11 is 0. The number of rotatable bonds is 3. The van der Waals surface area contributed by atoms with Crippen LogP contribution in [0.4, 0.5) is 11.4 Å². The molecule has 0 atom stereocenters. The van der Waals surface area contributed by atoms with E-state index in [4.69, 9.17) is 10.5 Å².